The summed E-state index contributed by atoms with van der Waals surface area (Å²) in [7, 11) is -4.05. The van der Waals surface area contributed by atoms with E-state index in [1.54, 1.807) is 6.92 Å². The Balaban J connectivity index is 2.51. The third kappa shape index (κ3) is 5.05. The maximum absolute atomic E-state index is 13.9. The zero-order valence-corrected chi connectivity index (χ0v) is 16.7. The molecular weight excluding hydrogens is 408 g/mol. The van der Waals surface area contributed by atoms with E-state index in [0.29, 0.717) is 11.6 Å². The Morgan fingerprint density at radius 2 is 1.90 bits per heavy atom. The lowest BCUT2D eigenvalue weighted by Crippen LogP contribution is -2.47. The maximum Gasteiger partial charge on any atom is 0.271 e. The summed E-state index contributed by atoms with van der Waals surface area (Å²) in [5.41, 5.74) is -0.318. The normalized spacial score (nSPS) is 12.3. The third-order valence-corrected chi connectivity index (χ3v) is 5.33. The predicted octanol–water partition coefficient (Wildman–Crippen LogP) is 3.36. The molecule has 2 aromatic rings. The molecule has 11 heteroatoms. The number of nitrogens with one attached hydrogen (secondary N) is 1. The average Bonchev–Trinajstić information content (AvgIpc) is 2.61. The number of non-ortho nitro benzene ring substituents is 1. The summed E-state index contributed by atoms with van der Waals surface area (Å²) in [6.07, 6.45) is 0.851. The number of nitro groups is 1. The third-order valence-electron chi connectivity index (χ3n) is 4.16. The van der Waals surface area contributed by atoms with Gasteiger partial charge in [-0.3, -0.25) is 19.2 Å². The molecule has 0 fully saturated rings. The largest absolute Gasteiger partial charge is 0.322 e. The van der Waals surface area contributed by atoms with Gasteiger partial charge in [0, 0.05) is 18.2 Å². The highest BCUT2D eigenvalue weighted by Crippen LogP contribution is 2.30. The van der Waals surface area contributed by atoms with Crippen LogP contribution in [-0.4, -0.2) is 31.5 Å². The molecule has 0 bridgehead atoms. The Kier molecular flexibility index (Phi) is 6.52. The van der Waals surface area contributed by atoms with Gasteiger partial charge in [-0.05, 0) is 31.0 Å². The van der Waals surface area contributed by atoms with E-state index in [2.05, 4.69) is 5.32 Å². The van der Waals surface area contributed by atoms with Gasteiger partial charge in [-0.1, -0.05) is 13.0 Å². The van der Waals surface area contributed by atoms with Gasteiger partial charge in [-0.15, -0.1) is 0 Å². The van der Waals surface area contributed by atoms with Crippen molar-refractivity contribution in [2.75, 3.05) is 15.9 Å². The summed E-state index contributed by atoms with van der Waals surface area (Å²) in [5, 5.41) is 13.3. The van der Waals surface area contributed by atoms with Crippen LogP contribution in [0.1, 0.15) is 18.9 Å². The first-order chi connectivity index (χ1) is 13.5. The van der Waals surface area contributed by atoms with Crippen molar-refractivity contribution in [1.29, 1.82) is 0 Å². The number of sulfonamides is 1. The first kappa shape index (κ1) is 22.2. The molecule has 0 spiro atoms. The highest BCUT2D eigenvalue weighted by Gasteiger charge is 2.33. The second-order valence-electron chi connectivity index (χ2n) is 6.32. The summed E-state index contributed by atoms with van der Waals surface area (Å²) < 4.78 is 52.7. The lowest BCUT2D eigenvalue weighted by atomic mass is 10.1. The van der Waals surface area contributed by atoms with Crippen molar-refractivity contribution in [1.82, 2.24) is 0 Å². The molecule has 0 aliphatic carbocycles. The summed E-state index contributed by atoms with van der Waals surface area (Å²) in [6.45, 7) is 3.08. The smallest absolute Gasteiger partial charge is 0.271 e. The van der Waals surface area contributed by atoms with Gasteiger partial charge in [-0.2, -0.15) is 0 Å². The van der Waals surface area contributed by atoms with Crippen molar-refractivity contribution in [2.24, 2.45) is 0 Å². The highest BCUT2D eigenvalue weighted by atomic mass is 32.2. The lowest BCUT2D eigenvalue weighted by Gasteiger charge is -2.31. The average molecular weight is 427 g/mol. The Morgan fingerprint density at radius 3 is 2.41 bits per heavy atom. The second-order valence-corrected chi connectivity index (χ2v) is 8.18. The van der Waals surface area contributed by atoms with Gasteiger partial charge in [0.05, 0.1) is 22.6 Å². The van der Waals surface area contributed by atoms with Crippen LogP contribution in [-0.2, 0) is 14.8 Å². The van der Waals surface area contributed by atoms with Crippen molar-refractivity contribution in [3.63, 3.8) is 0 Å². The predicted molar refractivity (Wildman–Crippen MR) is 104 cm³/mol. The van der Waals surface area contributed by atoms with Crippen LogP contribution in [0.5, 0.6) is 0 Å². The Hall–Kier alpha value is -3.08. The number of hydrogen-bond donors (Lipinski definition) is 1. The number of carbonyl (C=O) groups excluding carboxylic acids is 1. The van der Waals surface area contributed by atoms with E-state index in [-0.39, 0.29) is 23.5 Å². The number of anilines is 2. The minimum absolute atomic E-state index is 0.0101. The summed E-state index contributed by atoms with van der Waals surface area (Å²) in [6, 6.07) is 4.86. The van der Waals surface area contributed by atoms with Crippen LogP contribution in [0.25, 0.3) is 0 Å². The molecule has 156 valence electrons. The van der Waals surface area contributed by atoms with E-state index in [0.717, 1.165) is 28.8 Å². The fourth-order valence-electron chi connectivity index (χ4n) is 2.79. The summed E-state index contributed by atoms with van der Waals surface area (Å²) >= 11 is 0. The molecular formula is C18H19F2N3O5S. The zero-order valence-electron chi connectivity index (χ0n) is 15.8. The monoisotopic (exact) mass is 427 g/mol. The number of rotatable bonds is 7. The molecule has 0 radical (unpaired) electrons. The van der Waals surface area contributed by atoms with Crippen molar-refractivity contribution < 1.29 is 26.9 Å². The minimum atomic E-state index is -4.05. The van der Waals surface area contributed by atoms with E-state index in [1.807, 2.05) is 0 Å². The molecule has 0 saturated carbocycles. The molecule has 2 aromatic carbocycles. The molecule has 2 rings (SSSR count). The number of carbonyl (C=O) groups is 1. The van der Waals surface area contributed by atoms with Gasteiger partial charge in [0.25, 0.3) is 5.69 Å². The van der Waals surface area contributed by atoms with Crippen LogP contribution in [0, 0.1) is 28.7 Å². The van der Waals surface area contributed by atoms with E-state index < -0.39 is 38.5 Å². The van der Waals surface area contributed by atoms with Gasteiger partial charge < -0.3 is 5.32 Å². The van der Waals surface area contributed by atoms with Crippen LogP contribution in [0.2, 0.25) is 0 Å². The molecule has 8 nitrogen and oxygen atoms in total. The molecule has 29 heavy (non-hydrogen) atoms. The Morgan fingerprint density at radius 1 is 1.24 bits per heavy atom. The molecule has 0 aromatic heterocycles. The van der Waals surface area contributed by atoms with Crippen LogP contribution in [0.15, 0.2) is 36.4 Å². The number of halogens is 2. The number of benzene rings is 2. The standard InChI is InChI=1S/C18H19F2N3O5S/c1-4-16(18(24)21-15-8-6-12(19)9-14(15)20)22(29(3,27)28)17-10-13(23(25)26)7-5-11(17)2/h5-10,16H,4H2,1-3H3,(H,21,24)/t16-/m0/s1. The van der Waals surface area contributed by atoms with E-state index in [9.17, 15) is 32.1 Å². The summed E-state index contributed by atoms with van der Waals surface area (Å²) in [5.74, 6) is -2.72. The number of nitrogens with zero attached hydrogens (tertiary/aromatic N) is 2. The van der Waals surface area contributed by atoms with Crippen LogP contribution < -0.4 is 9.62 Å². The van der Waals surface area contributed by atoms with Gasteiger partial charge >= 0.3 is 0 Å². The quantitative estimate of drug-likeness (QED) is 0.538. The molecule has 0 saturated heterocycles. The fourth-order valence-corrected chi connectivity index (χ4v) is 4.05. The molecule has 1 atom stereocenters. The topological polar surface area (TPSA) is 110 Å². The van der Waals surface area contributed by atoms with Gasteiger partial charge in [0.1, 0.15) is 17.7 Å². The van der Waals surface area contributed by atoms with Crippen LogP contribution >= 0.6 is 0 Å². The molecule has 0 aliphatic rings. The van der Waals surface area contributed by atoms with Crippen LogP contribution in [0.4, 0.5) is 25.8 Å². The molecule has 0 heterocycles. The van der Waals surface area contributed by atoms with E-state index in [1.165, 1.54) is 19.1 Å². The number of aryl methyl sites for hydroxylation is 1. The number of hydrogen-bond acceptors (Lipinski definition) is 5. The Bertz CT molecular complexity index is 1060. The molecule has 1 amide bonds. The number of nitro benzene ring substituents is 1. The van der Waals surface area contributed by atoms with E-state index in [4.69, 9.17) is 0 Å². The van der Waals surface area contributed by atoms with Gasteiger partial charge in [0.2, 0.25) is 15.9 Å². The minimum Gasteiger partial charge on any atom is -0.322 e. The van der Waals surface area contributed by atoms with E-state index >= 15 is 0 Å². The SMILES string of the molecule is CC[C@@H](C(=O)Nc1ccc(F)cc1F)N(c1cc([N+](=O)[O-])ccc1C)S(C)(=O)=O. The molecule has 0 unspecified atom stereocenters. The number of amides is 1. The van der Waals surface area contributed by atoms with Crippen LogP contribution in [0.3, 0.4) is 0 Å². The fraction of sp³-hybridized carbons (Fsp3) is 0.278. The molecule has 1 N–H and O–H groups in total. The second kappa shape index (κ2) is 8.52. The summed E-state index contributed by atoms with van der Waals surface area (Å²) in [4.78, 5) is 23.2. The van der Waals surface area contributed by atoms with Gasteiger partial charge in [0.15, 0.2) is 0 Å². The highest BCUT2D eigenvalue weighted by molar-refractivity contribution is 7.92. The maximum atomic E-state index is 13.9. The Labute approximate surface area is 166 Å². The molecule has 0 aliphatic heterocycles. The first-order valence-corrected chi connectivity index (χ1v) is 10.3. The van der Waals surface area contributed by atoms with Crippen molar-refractivity contribution in [2.45, 2.75) is 26.3 Å². The van der Waals surface area contributed by atoms with Gasteiger partial charge in [-0.25, -0.2) is 17.2 Å². The zero-order chi connectivity index (χ0) is 21.9. The lowest BCUT2D eigenvalue weighted by molar-refractivity contribution is -0.384. The van der Waals surface area contributed by atoms with Crippen molar-refractivity contribution in [3.05, 3.63) is 63.7 Å². The van der Waals surface area contributed by atoms with Crippen molar-refractivity contribution in [3.8, 4) is 0 Å². The first-order valence-electron chi connectivity index (χ1n) is 8.46. The van der Waals surface area contributed by atoms with Crippen molar-refractivity contribution >= 4 is 33.0 Å².